The number of ether oxygens (including phenoxy) is 2. The van der Waals surface area contributed by atoms with E-state index in [1.54, 1.807) is 25.5 Å². The van der Waals surface area contributed by atoms with Gasteiger partial charge in [-0.1, -0.05) is 11.6 Å². The summed E-state index contributed by atoms with van der Waals surface area (Å²) in [5.41, 5.74) is 0.847. The van der Waals surface area contributed by atoms with Gasteiger partial charge in [-0.25, -0.2) is 14.8 Å². The maximum absolute atomic E-state index is 12.1. The average Bonchev–Trinajstić information content (AvgIpc) is 2.64. The zero-order valence-corrected chi connectivity index (χ0v) is 12.6. The monoisotopic (exact) mass is 297 g/mol. The van der Waals surface area contributed by atoms with Crippen LogP contribution in [0.15, 0.2) is 0 Å². The number of halogens is 1. The number of carbonyl (C=O) groups excluding carboxylic acids is 1. The number of fused-ring (bicyclic) bond motifs is 1. The van der Waals surface area contributed by atoms with Crippen molar-refractivity contribution in [2.75, 3.05) is 13.2 Å². The Morgan fingerprint density at radius 1 is 1.30 bits per heavy atom. The summed E-state index contributed by atoms with van der Waals surface area (Å²) >= 11 is 6.17. The number of aryl methyl sites for hydroxylation is 2. The van der Waals surface area contributed by atoms with Crippen LogP contribution in [-0.4, -0.2) is 33.7 Å². The van der Waals surface area contributed by atoms with E-state index in [1.165, 1.54) is 0 Å². The minimum atomic E-state index is -0.467. The first-order valence-corrected chi connectivity index (χ1v) is 6.71. The van der Waals surface area contributed by atoms with E-state index in [1.807, 2.05) is 6.92 Å². The molecular formula is C13H16ClN3O3. The lowest BCUT2D eigenvalue weighted by atomic mass is 10.3. The van der Waals surface area contributed by atoms with Gasteiger partial charge in [-0.3, -0.25) is 0 Å². The summed E-state index contributed by atoms with van der Waals surface area (Å²) in [6.45, 7) is 6.00. The Morgan fingerprint density at radius 2 is 2.00 bits per heavy atom. The summed E-state index contributed by atoms with van der Waals surface area (Å²) in [6.07, 6.45) is 0. The molecule has 108 valence electrons. The SMILES string of the molecule is CCOC(=O)c1c(OCC)c2c(Cl)nc(C)nc2n1C. The third-order valence-corrected chi connectivity index (χ3v) is 3.08. The van der Waals surface area contributed by atoms with E-state index in [0.29, 0.717) is 34.9 Å². The number of hydrogen-bond donors (Lipinski definition) is 0. The van der Waals surface area contributed by atoms with Crippen molar-refractivity contribution in [3.63, 3.8) is 0 Å². The maximum Gasteiger partial charge on any atom is 0.358 e. The summed E-state index contributed by atoms with van der Waals surface area (Å²) in [6, 6.07) is 0. The second-order valence-electron chi connectivity index (χ2n) is 4.15. The minimum absolute atomic E-state index is 0.266. The van der Waals surface area contributed by atoms with Crippen LogP contribution in [0.25, 0.3) is 11.0 Å². The quantitative estimate of drug-likeness (QED) is 0.641. The first kappa shape index (κ1) is 14.6. The molecule has 0 aliphatic heterocycles. The normalized spacial score (nSPS) is 10.8. The van der Waals surface area contributed by atoms with Crippen LogP contribution in [0.1, 0.15) is 30.2 Å². The maximum atomic E-state index is 12.1. The lowest BCUT2D eigenvalue weighted by Gasteiger charge is -2.07. The molecule has 0 radical (unpaired) electrons. The molecule has 0 bridgehead atoms. The van der Waals surface area contributed by atoms with Gasteiger partial charge in [0.2, 0.25) is 0 Å². The van der Waals surface area contributed by atoms with Gasteiger partial charge in [0.1, 0.15) is 16.6 Å². The topological polar surface area (TPSA) is 66.2 Å². The molecule has 0 N–H and O–H groups in total. The lowest BCUT2D eigenvalue weighted by Crippen LogP contribution is -2.11. The fourth-order valence-electron chi connectivity index (χ4n) is 2.05. The van der Waals surface area contributed by atoms with Crippen LogP contribution in [0.4, 0.5) is 0 Å². The van der Waals surface area contributed by atoms with Crippen LogP contribution in [0.5, 0.6) is 5.75 Å². The molecule has 7 heteroatoms. The average molecular weight is 298 g/mol. The van der Waals surface area contributed by atoms with Gasteiger partial charge < -0.3 is 14.0 Å². The smallest absolute Gasteiger partial charge is 0.358 e. The molecule has 20 heavy (non-hydrogen) atoms. The number of hydrogen-bond acceptors (Lipinski definition) is 5. The number of esters is 1. The summed E-state index contributed by atoms with van der Waals surface area (Å²) in [5.74, 6) is 0.431. The summed E-state index contributed by atoms with van der Waals surface area (Å²) in [7, 11) is 1.72. The van der Waals surface area contributed by atoms with Crippen molar-refractivity contribution >= 4 is 28.6 Å². The predicted octanol–water partition coefficient (Wildman–Crippen LogP) is 2.51. The van der Waals surface area contributed by atoms with Crippen molar-refractivity contribution in [2.24, 2.45) is 7.05 Å². The molecule has 0 amide bonds. The zero-order chi connectivity index (χ0) is 14.9. The molecule has 2 aromatic heterocycles. The van der Waals surface area contributed by atoms with E-state index in [-0.39, 0.29) is 11.8 Å². The second kappa shape index (κ2) is 5.66. The molecule has 2 heterocycles. The number of nitrogens with zero attached hydrogens (tertiary/aromatic N) is 3. The molecule has 0 aliphatic rings. The molecule has 2 aromatic rings. The van der Waals surface area contributed by atoms with Gasteiger partial charge in [0.15, 0.2) is 11.4 Å². The minimum Gasteiger partial charge on any atom is -0.491 e. The standard InChI is InChI=1S/C13H16ClN3O3/c1-5-19-10-8-11(14)15-7(3)16-12(8)17(4)9(10)13(18)20-6-2/h5-6H2,1-4H3. The Balaban J connectivity index is 2.79. The van der Waals surface area contributed by atoms with Gasteiger partial charge >= 0.3 is 5.97 Å². The molecule has 0 unspecified atom stereocenters. The molecule has 0 saturated carbocycles. The molecule has 0 aliphatic carbocycles. The largest absolute Gasteiger partial charge is 0.491 e. The molecular weight excluding hydrogens is 282 g/mol. The molecule has 6 nitrogen and oxygen atoms in total. The third-order valence-electron chi connectivity index (χ3n) is 2.81. The Bertz CT molecular complexity index is 667. The van der Waals surface area contributed by atoms with Crippen LogP contribution < -0.4 is 4.74 Å². The zero-order valence-electron chi connectivity index (χ0n) is 11.9. The van der Waals surface area contributed by atoms with Gasteiger partial charge in [0.25, 0.3) is 0 Å². The van der Waals surface area contributed by atoms with Crippen LogP contribution in [0.2, 0.25) is 5.15 Å². The Hall–Kier alpha value is -1.82. The van der Waals surface area contributed by atoms with Gasteiger partial charge in [-0.05, 0) is 20.8 Å². The first-order valence-electron chi connectivity index (χ1n) is 6.33. The van der Waals surface area contributed by atoms with Gasteiger partial charge in [-0.2, -0.15) is 0 Å². The molecule has 0 spiro atoms. The van der Waals surface area contributed by atoms with E-state index in [9.17, 15) is 4.79 Å². The third kappa shape index (κ3) is 2.31. The first-order chi connectivity index (χ1) is 9.51. The van der Waals surface area contributed by atoms with Crippen LogP contribution >= 0.6 is 11.6 Å². The highest BCUT2D eigenvalue weighted by atomic mass is 35.5. The van der Waals surface area contributed by atoms with Crippen molar-refractivity contribution in [2.45, 2.75) is 20.8 Å². The van der Waals surface area contributed by atoms with Crippen LogP contribution in [0.3, 0.4) is 0 Å². The summed E-state index contributed by atoms with van der Waals surface area (Å²) < 4.78 is 12.3. The molecule has 0 saturated heterocycles. The van der Waals surface area contributed by atoms with Crippen LogP contribution in [-0.2, 0) is 11.8 Å². The Morgan fingerprint density at radius 3 is 2.60 bits per heavy atom. The predicted molar refractivity (Wildman–Crippen MR) is 75.4 cm³/mol. The van der Waals surface area contributed by atoms with E-state index in [0.717, 1.165) is 0 Å². The summed E-state index contributed by atoms with van der Waals surface area (Å²) in [4.78, 5) is 20.5. The fourth-order valence-corrected chi connectivity index (χ4v) is 2.35. The Kier molecular flexibility index (Phi) is 4.13. The highest BCUT2D eigenvalue weighted by molar-refractivity contribution is 6.35. The van der Waals surface area contributed by atoms with Gasteiger partial charge in [0.05, 0.1) is 18.6 Å². The van der Waals surface area contributed by atoms with E-state index >= 15 is 0 Å². The van der Waals surface area contributed by atoms with Crippen molar-refractivity contribution in [3.8, 4) is 5.75 Å². The van der Waals surface area contributed by atoms with Gasteiger partial charge in [-0.15, -0.1) is 0 Å². The lowest BCUT2D eigenvalue weighted by molar-refractivity contribution is 0.0511. The highest BCUT2D eigenvalue weighted by Gasteiger charge is 2.26. The molecule has 0 aromatic carbocycles. The van der Waals surface area contributed by atoms with E-state index < -0.39 is 5.97 Å². The summed E-state index contributed by atoms with van der Waals surface area (Å²) in [5, 5.41) is 0.798. The molecule has 0 atom stereocenters. The number of rotatable bonds is 4. The van der Waals surface area contributed by atoms with Crippen molar-refractivity contribution in [3.05, 3.63) is 16.7 Å². The van der Waals surface area contributed by atoms with Crippen molar-refractivity contribution in [1.29, 1.82) is 0 Å². The molecule has 2 rings (SSSR count). The van der Waals surface area contributed by atoms with E-state index in [4.69, 9.17) is 21.1 Å². The van der Waals surface area contributed by atoms with E-state index in [2.05, 4.69) is 9.97 Å². The van der Waals surface area contributed by atoms with Crippen molar-refractivity contribution in [1.82, 2.24) is 14.5 Å². The van der Waals surface area contributed by atoms with Crippen LogP contribution in [0, 0.1) is 6.92 Å². The number of carbonyl (C=O) groups is 1. The second-order valence-corrected chi connectivity index (χ2v) is 4.51. The Labute approximate surface area is 121 Å². The number of aromatic nitrogens is 3. The highest BCUT2D eigenvalue weighted by Crippen LogP contribution is 2.36. The fraction of sp³-hybridized carbons (Fsp3) is 0.462. The molecule has 0 fully saturated rings. The van der Waals surface area contributed by atoms with Crippen molar-refractivity contribution < 1.29 is 14.3 Å². The van der Waals surface area contributed by atoms with Gasteiger partial charge in [0, 0.05) is 7.05 Å².